The highest BCUT2D eigenvalue weighted by atomic mass is 32.1. The summed E-state index contributed by atoms with van der Waals surface area (Å²) >= 11 is 4.96. The number of thiocarbonyl (C=S) groups is 1. The molecule has 0 aromatic heterocycles. The first-order valence-electron chi connectivity index (χ1n) is 6.71. The SMILES string of the molecule is Cc1ccc(CC(=O)Nc2cc(C(N)=S)ccc2C)cc1. The number of aryl methyl sites for hydroxylation is 2. The van der Waals surface area contributed by atoms with E-state index in [0.717, 1.165) is 22.4 Å². The molecule has 2 aromatic carbocycles. The molecule has 0 atom stereocenters. The van der Waals surface area contributed by atoms with Crippen LogP contribution in [0.4, 0.5) is 5.69 Å². The minimum Gasteiger partial charge on any atom is -0.389 e. The predicted octanol–water partition coefficient (Wildman–Crippen LogP) is 3.12. The van der Waals surface area contributed by atoms with Crippen molar-refractivity contribution in [3.8, 4) is 0 Å². The predicted molar refractivity (Wildman–Crippen MR) is 90.6 cm³/mol. The van der Waals surface area contributed by atoms with Crippen molar-refractivity contribution in [1.29, 1.82) is 0 Å². The Balaban J connectivity index is 2.10. The lowest BCUT2D eigenvalue weighted by molar-refractivity contribution is -0.115. The molecule has 0 aliphatic heterocycles. The normalized spacial score (nSPS) is 10.2. The molecule has 0 saturated heterocycles. The highest BCUT2D eigenvalue weighted by Gasteiger charge is 2.08. The van der Waals surface area contributed by atoms with Crippen LogP contribution >= 0.6 is 12.2 Å². The van der Waals surface area contributed by atoms with Gasteiger partial charge in [-0.25, -0.2) is 0 Å². The lowest BCUT2D eigenvalue weighted by Crippen LogP contribution is -2.16. The Bertz CT molecular complexity index is 678. The van der Waals surface area contributed by atoms with E-state index in [0.29, 0.717) is 11.4 Å². The Labute approximate surface area is 130 Å². The van der Waals surface area contributed by atoms with Gasteiger partial charge in [-0.2, -0.15) is 0 Å². The van der Waals surface area contributed by atoms with Gasteiger partial charge in [0.25, 0.3) is 0 Å². The van der Waals surface area contributed by atoms with E-state index in [9.17, 15) is 4.79 Å². The van der Waals surface area contributed by atoms with Crippen LogP contribution in [0, 0.1) is 13.8 Å². The average molecular weight is 298 g/mol. The van der Waals surface area contributed by atoms with Crippen LogP contribution < -0.4 is 11.1 Å². The van der Waals surface area contributed by atoms with Crippen molar-refractivity contribution in [3.63, 3.8) is 0 Å². The lowest BCUT2D eigenvalue weighted by Gasteiger charge is -2.10. The van der Waals surface area contributed by atoms with Crippen molar-refractivity contribution in [2.45, 2.75) is 20.3 Å². The fourth-order valence-electron chi connectivity index (χ4n) is 2.00. The molecule has 4 heteroatoms. The number of hydrogen-bond donors (Lipinski definition) is 2. The molecule has 0 fully saturated rings. The van der Waals surface area contributed by atoms with Crippen LogP contribution in [-0.2, 0) is 11.2 Å². The summed E-state index contributed by atoms with van der Waals surface area (Å²) in [7, 11) is 0. The number of rotatable bonds is 4. The highest BCUT2D eigenvalue weighted by molar-refractivity contribution is 7.80. The molecule has 21 heavy (non-hydrogen) atoms. The second-order valence-corrected chi connectivity index (χ2v) is 5.54. The van der Waals surface area contributed by atoms with Gasteiger partial charge in [0.05, 0.1) is 6.42 Å². The van der Waals surface area contributed by atoms with E-state index in [4.69, 9.17) is 18.0 Å². The van der Waals surface area contributed by atoms with Gasteiger partial charge in [-0.15, -0.1) is 0 Å². The average Bonchev–Trinajstić information content (AvgIpc) is 2.43. The van der Waals surface area contributed by atoms with Crippen molar-refractivity contribution < 1.29 is 4.79 Å². The van der Waals surface area contributed by atoms with Crippen LogP contribution in [0.25, 0.3) is 0 Å². The zero-order valence-electron chi connectivity index (χ0n) is 12.1. The third kappa shape index (κ3) is 4.13. The van der Waals surface area contributed by atoms with Gasteiger partial charge in [0.15, 0.2) is 0 Å². The highest BCUT2D eigenvalue weighted by Crippen LogP contribution is 2.17. The molecule has 0 unspecified atom stereocenters. The topological polar surface area (TPSA) is 55.1 Å². The van der Waals surface area contributed by atoms with Crippen LogP contribution in [0.3, 0.4) is 0 Å². The molecule has 0 aliphatic carbocycles. The molecule has 0 heterocycles. The van der Waals surface area contributed by atoms with Crippen molar-refractivity contribution >= 4 is 28.8 Å². The third-order valence-electron chi connectivity index (χ3n) is 3.28. The summed E-state index contributed by atoms with van der Waals surface area (Å²) in [6.07, 6.45) is 0.344. The first-order chi connectivity index (χ1) is 9.95. The van der Waals surface area contributed by atoms with Crippen LogP contribution in [-0.4, -0.2) is 10.9 Å². The van der Waals surface area contributed by atoms with Crippen LogP contribution in [0.15, 0.2) is 42.5 Å². The van der Waals surface area contributed by atoms with Crippen LogP contribution in [0.1, 0.15) is 22.3 Å². The number of nitrogens with two attached hydrogens (primary N) is 1. The Morgan fingerprint density at radius 1 is 1.14 bits per heavy atom. The van der Waals surface area contributed by atoms with E-state index in [2.05, 4.69) is 5.32 Å². The van der Waals surface area contributed by atoms with E-state index in [1.54, 1.807) is 0 Å². The minimum absolute atomic E-state index is 0.0537. The first kappa shape index (κ1) is 15.2. The smallest absolute Gasteiger partial charge is 0.228 e. The van der Waals surface area contributed by atoms with Gasteiger partial charge < -0.3 is 11.1 Å². The molecule has 2 rings (SSSR count). The van der Waals surface area contributed by atoms with Gasteiger partial charge in [-0.05, 0) is 31.0 Å². The van der Waals surface area contributed by atoms with Crippen molar-refractivity contribution in [2.75, 3.05) is 5.32 Å². The molecular formula is C17H18N2OS. The van der Waals surface area contributed by atoms with Crippen LogP contribution in [0.2, 0.25) is 0 Å². The van der Waals surface area contributed by atoms with Gasteiger partial charge in [-0.3, -0.25) is 4.79 Å². The molecule has 0 spiro atoms. The van der Waals surface area contributed by atoms with Crippen molar-refractivity contribution in [3.05, 3.63) is 64.7 Å². The zero-order valence-corrected chi connectivity index (χ0v) is 13.0. The number of carbonyl (C=O) groups is 1. The largest absolute Gasteiger partial charge is 0.389 e. The summed E-state index contributed by atoms with van der Waals surface area (Å²) in [5.41, 5.74) is 10.3. The number of nitrogens with one attached hydrogen (secondary N) is 1. The quantitative estimate of drug-likeness (QED) is 0.853. The van der Waals surface area contributed by atoms with E-state index >= 15 is 0 Å². The summed E-state index contributed by atoms with van der Waals surface area (Å²) in [6.45, 7) is 3.96. The molecule has 0 saturated carbocycles. The number of amides is 1. The van der Waals surface area contributed by atoms with Gasteiger partial charge in [-0.1, -0.05) is 54.2 Å². The van der Waals surface area contributed by atoms with Gasteiger partial charge in [0, 0.05) is 11.3 Å². The Morgan fingerprint density at radius 2 is 1.81 bits per heavy atom. The van der Waals surface area contributed by atoms with Gasteiger partial charge >= 0.3 is 0 Å². The maximum absolute atomic E-state index is 12.1. The number of hydrogen-bond acceptors (Lipinski definition) is 2. The Kier molecular flexibility index (Phi) is 4.70. The number of anilines is 1. The molecule has 2 aromatic rings. The summed E-state index contributed by atoms with van der Waals surface area (Å²) in [5, 5.41) is 2.91. The third-order valence-corrected chi connectivity index (χ3v) is 3.52. The van der Waals surface area contributed by atoms with E-state index < -0.39 is 0 Å². The maximum atomic E-state index is 12.1. The van der Waals surface area contributed by atoms with Crippen molar-refractivity contribution in [2.24, 2.45) is 5.73 Å². The summed E-state index contributed by atoms with van der Waals surface area (Å²) in [4.78, 5) is 12.4. The van der Waals surface area contributed by atoms with E-state index in [1.165, 1.54) is 5.56 Å². The molecule has 3 N–H and O–H groups in total. The number of benzene rings is 2. The maximum Gasteiger partial charge on any atom is 0.228 e. The summed E-state index contributed by atoms with van der Waals surface area (Å²) in [5.74, 6) is -0.0537. The lowest BCUT2D eigenvalue weighted by atomic mass is 10.1. The van der Waals surface area contributed by atoms with E-state index in [-0.39, 0.29) is 5.91 Å². The summed E-state index contributed by atoms with van der Waals surface area (Å²) in [6, 6.07) is 13.5. The standard InChI is InChI=1S/C17H18N2OS/c1-11-3-6-13(7-4-11)9-16(20)19-15-10-14(17(18)21)8-5-12(15)2/h3-8,10H,9H2,1-2H3,(H2,18,21)(H,19,20). The minimum atomic E-state index is -0.0537. The monoisotopic (exact) mass is 298 g/mol. The molecule has 0 radical (unpaired) electrons. The first-order valence-corrected chi connectivity index (χ1v) is 7.12. The van der Waals surface area contributed by atoms with Gasteiger partial charge in [0.1, 0.15) is 4.99 Å². The Morgan fingerprint density at radius 3 is 2.43 bits per heavy atom. The number of carbonyl (C=O) groups excluding carboxylic acids is 1. The van der Waals surface area contributed by atoms with Crippen LogP contribution in [0.5, 0.6) is 0 Å². The summed E-state index contributed by atoms with van der Waals surface area (Å²) < 4.78 is 0. The fourth-order valence-corrected chi connectivity index (χ4v) is 2.12. The van der Waals surface area contributed by atoms with Gasteiger partial charge in [0.2, 0.25) is 5.91 Å². The molecule has 0 aliphatic rings. The molecule has 1 amide bonds. The Hall–Kier alpha value is -2.20. The zero-order chi connectivity index (χ0) is 15.4. The molecule has 108 valence electrons. The van der Waals surface area contributed by atoms with E-state index in [1.807, 2.05) is 56.3 Å². The second kappa shape index (κ2) is 6.50. The molecular weight excluding hydrogens is 280 g/mol. The fraction of sp³-hybridized carbons (Fsp3) is 0.176. The van der Waals surface area contributed by atoms with Crippen molar-refractivity contribution in [1.82, 2.24) is 0 Å². The second-order valence-electron chi connectivity index (χ2n) is 5.10. The molecule has 3 nitrogen and oxygen atoms in total. The molecule has 0 bridgehead atoms.